The molecule has 3 rings (SSSR count). The molecule has 0 bridgehead atoms. The number of ether oxygens (including phenoxy) is 1. The fourth-order valence-electron chi connectivity index (χ4n) is 2.68. The second-order valence-corrected chi connectivity index (χ2v) is 8.11. The lowest BCUT2D eigenvalue weighted by molar-refractivity contribution is -0.384. The van der Waals surface area contributed by atoms with Crippen LogP contribution in [-0.2, 0) is 14.8 Å². The number of nitro benzene ring substituents is 1. The molecule has 2 aromatic rings. The Kier molecular flexibility index (Phi) is 5.77. The fraction of sp³-hybridized carbons (Fsp3) is 0.353. The van der Waals surface area contributed by atoms with Crippen LogP contribution in [0.1, 0.15) is 18.4 Å². The van der Waals surface area contributed by atoms with E-state index >= 15 is 0 Å². The van der Waals surface area contributed by atoms with Crippen LogP contribution >= 0.6 is 0 Å². The molecule has 1 aliphatic rings. The zero-order chi connectivity index (χ0) is 20.3. The van der Waals surface area contributed by atoms with Crippen LogP contribution in [0.3, 0.4) is 0 Å². The van der Waals surface area contributed by atoms with Crippen molar-refractivity contribution in [1.82, 2.24) is 4.31 Å². The van der Waals surface area contributed by atoms with Gasteiger partial charge in [-0.25, -0.2) is 8.42 Å². The van der Waals surface area contributed by atoms with Gasteiger partial charge in [-0.05, 0) is 38.1 Å². The lowest BCUT2D eigenvalue weighted by Gasteiger charge is -2.26. The number of nitrogens with one attached hydrogen (secondary N) is 1. The molecule has 10 nitrogen and oxygen atoms in total. The zero-order valence-corrected chi connectivity index (χ0v) is 16.2. The van der Waals surface area contributed by atoms with E-state index in [1.165, 1.54) is 16.4 Å². The number of morpholine rings is 1. The first-order valence-electron chi connectivity index (χ1n) is 8.52. The van der Waals surface area contributed by atoms with Crippen LogP contribution in [0.25, 0.3) is 0 Å². The lowest BCUT2D eigenvalue weighted by Crippen LogP contribution is -2.40. The van der Waals surface area contributed by atoms with Crippen molar-refractivity contribution in [2.45, 2.75) is 18.7 Å². The molecule has 1 saturated heterocycles. The predicted molar refractivity (Wildman–Crippen MR) is 102 cm³/mol. The number of nitrogens with zero attached hydrogens (tertiary/aromatic N) is 3. The van der Waals surface area contributed by atoms with Crippen molar-refractivity contribution in [1.29, 1.82) is 0 Å². The van der Waals surface area contributed by atoms with Crippen molar-refractivity contribution >= 4 is 27.1 Å². The van der Waals surface area contributed by atoms with E-state index in [4.69, 9.17) is 9.15 Å². The molecule has 0 atom stereocenters. The van der Waals surface area contributed by atoms with Gasteiger partial charge in [0.2, 0.25) is 10.0 Å². The summed E-state index contributed by atoms with van der Waals surface area (Å²) in [4.78, 5) is 10.7. The van der Waals surface area contributed by atoms with Crippen molar-refractivity contribution in [3.63, 3.8) is 0 Å². The van der Waals surface area contributed by atoms with Gasteiger partial charge >= 0.3 is 0 Å². The molecule has 0 radical (unpaired) electrons. The molecule has 1 aliphatic heterocycles. The Labute approximate surface area is 162 Å². The summed E-state index contributed by atoms with van der Waals surface area (Å²) in [6.07, 6.45) is 0. The average molecular weight is 408 g/mol. The first kappa shape index (κ1) is 20.0. The van der Waals surface area contributed by atoms with E-state index in [2.05, 4.69) is 10.5 Å². The maximum atomic E-state index is 12.7. The number of hydrazone groups is 1. The smallest absolute Gasteiger partial charge is 0.295 e. The fourth-order valence-corrected chi connectivity index (χ4v) is 4.11. The van der Waals surface area contributed by atoms with Crippen molar-refractivity contribution in [3.05, 3.63) is 52.0 Å². The molecule has 1 N–H and O–H groups in total. The topological polar surface area (TPSA) is 127 Å². The summed E-state index contributed by atoms with van der Waals surface area (Å²) >= 11 is 0. The van der Waals surface area contributed by atoms with E-state index < -0.39 is 14.9 Å². The number of sulfonamides is 1. The highest BCUT2D eigenvalue weighted by Gasteiger charge is 2.28. The van der Waals surface area contributed by atoms with Gasteiger partial charge in [-0.1, -0.05) is 0 Å². The van der Waals surface area contributed by atoms with Crippen LogP contribution in [0.5, 0.6) is 0 Å². The molecule has 2 heterocycles. The number of benzene rings is 1. The standard InChI is InChI=1S/C17H20N4O6S/c1-12-3-6-17(27-12)13(2)18-19-15-5-4-14(11-16(15)21(22)23)28(24,25)20-7-9-26-10-8-20/h3-6,11,19H,7-10H2,1-2H3/b18-13-. The van der Waals surface area contributed by atoms with Crippen LogP contribution in [-0.4, -0.2) is 49.7 Å². The summed E-state index contributed by atoms with van der Waals surface area (Å²) in [6.45, 7) is 4.49. The molecule has 0 amide bonds. The van der Waals surface area contributed by atoms with E-state index in [1.54, 1.807) is 26.0 Å². The summed E-state index contributed by atoms with van der Waals surface area (Å²) < 4.78 is 37.3. The third kappa shape index (κ3) is 4.21. The van der Waals surface area contributed by atoms with E-state index in [9.17, 15) is 18.5 Å². The molecular weight excluding hydrogens is 388 g/mol. The molecular formula is C17H20N4O6S. The van der Waals surface area contributed by atoms with Crippen molar-refractivity contribution in [2.75, 3.05) is 31.7 Å². The Bertz CT molecular complexity index is 1010. The predicted octanol–water partition coefficient (Wildman–Crippen LogP) is 2.35. The van der Waals surface area contributed by atoms with Gasteiger partial charge in [0.15, 0.2) is 0 Å². The molecule has 0 aliphatic carbocycles. The highest BCUT2D eigenvalue weighted by atomic mass is 32.2. The Balaban J connectivity index is 1.88. The Morgan fingerprint density at radius 3 is 2.57 bits per heavy atom. The molecule has 28 heavy (non-hydrogen) atoms. The minimum absolute atomic E-state index is 0.0774. The van der Waals surface area contributed by atoms with Gasteiger partial charge in [0, 0.05) is 19.2 Å². The van der Waals surface area contributed by atoms with Gasteiger partial charge in [-0.3, -0.25) is 15.5 Å². The van der Waals surface area contributed by atoms with E-state index in [1.807, 2.05) is 0 Å². The zero-order valence-electron chi connectivity index (χ0n) is 15.4. The summed E-state index contributed by atoms with van der Waals surface area (Å²) in [5.74, 6) is 1.24. The summed E-state index contributed by atoms with van der Waals surface area (Å²) in [7, 11) is -3.84. The molecule has 0 unspecified atom stereocenters. The third-order valence-corrected chi connectivity index (χ3v) is 6.11. The number of rotatable bonds is 6. The van der Waals surface area contributed by atoms with Crippen LogP contribution in [0.2, 0.25) is 0 Å². The quantitative estimate of drug-likeness (QED) is 0.441. The number of hydrogen-bond acceptors (Lipinski definition) is 8. The van der Waals surface area contributed by atoms with Crippen LogP contribution in [0.4, 0.5) is 11.4 Å². The minimum atomic E-state index is -3.84. The van der Waals surface area contributed by atoms with Gasteiger partial charge in [-0.15, -0.1) is 0 Å². The van der Waals surface area contributed by atoms with Crippen molar-refractivity contribution < 1.29 is 22.5 Å². The van der Waals surface area contributed by atoms with Crippen molar-refractivity contribution in [2.24, 2.45) is 5.10 Å². The summed E-state index contributed by atoms with van der Waals surface area (Å²) in [6, 6.07) is 7.21. The van der Waals surface area contributed by atoms with E-state index in [-0.39, 0.29) is 29.4 Å². The molecule has 0 saturated carbocycles. The number of nitro groups is 1. The Hall–Kier alpha value is -2.76. The van der Waals surface area contributed by atoms with Crippen LogP contribution < -0.4 is 5.43 Å². The maximum Gasteiger partial charge on any atom is 0.295 e. The molecule has 1 aromatic heterocycles. The Morgan fingerprint density at radius 2 is 1.96 bits per heavy atom. The highest BCUT2D eigenvalue weighted by Crippen LogP contribution is 2.29. The van der Waals surface area contributed by atoms with Gasteiger partial charge in [0.05, 0.1) is 23.0 Å². The summed E-state index contributed by atoms with van der Waals surface area (Å²) in [5, 5.41) is 15.6. The highest BCUT2D eigenvalue weighted by molar-refractivity contribution is 7.89. The first-order chi connectivity index (χ1) is 13.3. The van der Waals surface area contributed by atoms with Crippen LogP contribution in [0.15, 0.2) is 44.7 Å². The second kappa shape index (κ2) is 8.09. The SMILES string of the molecule is C/C(=N/Nc1ccc(S(=O)(=O)N2CCOCC2)cc1[N+](=O)[O-])c1ccc(C)o1. The van der Waals surface area contributed by atoms with Gasteiger partial charge < -0.3 is 9.15 Å². The molecule has 11 heteroatoms. The van der Waals surface area contributed by atoms with Crippen molar-refractivity contribution in [3.8, 4) is 0 Å². The maximum absolute atomic E-state index is 12.7. The monoisotopic (exact) mass is 408 g/mol. The van der Waals surface area contributed by atoms with E-state index in [0.717, 1.165) is 6.07 Å². The number of furan rings is 1. The number of hydrogen-bond donors (Lipinski definition) is 1. The molecule has 1 aromatic carbocycles. The van der Waals surface area contributed by atoms with Gasteiger partial charge in [0.25, 0.3) is 5.69 Å². The molecule has 150 valence electrons. The normalized spacial score (nSPS) is 16.1. The summed E-state index contributed by atoms with van der Waals surface area (Å²) in [5.41, 5.74) is 2.80. The average Bonchev–Trinajstić information content (AvgIpc) is 3.13. The van der Waals surface area contributed by atoms with Gasteiger partial charge in [-0.2, -0.15) is 9.41 Å². The van der Waals surface area contributed by atoms with E-state index in [0.29, 0.717) is 30.4 Å². The largest absolute Gasteiger partial charge is 0.460 e. The third-order valence-electron chi connectivity index (χ3n) is 4.21. The second-order valence-electron chi connectivity index (χ2n) is 6.17. The van der Waals surface area contributed by atoms with Crippen LogP contribution in [0, 0.1) is 17.0 Å². The minimum Gasteiger partial charge on any atom is -0.460 e. The Morgan fingerprint density at radius 1 is 1.25 bits per heavy atom. The lowest BCUT2D eigenvalue weighted by atomic mass is 10.3. The first-order valence-corrected chi connectivity index (χ1v) is 9.96. The molecule has 0 spiro atoms. The number of aryl methyl sites for hydroxylation is 1. The molecule has 1 fully saturated rings. The van der Waals surface area contributed by atoms with Gasteiger partial charge in [0.1, 0.15) is 22.9 Å². The number of anilines is 1.